The van der Waals surface area contributed by atoms with Crippen molar-refractivity contribution in [3.05, 3.63) is 77.9 Å². The summed E-state index contributed by atoms with van der Waals surface area (Å²) in [6.45, 7) is 5.19. The highest BCUT2D eigenvalue weighted by Gasteiger charge is 2.28. The lowest BCUT2D eigenvalue weighted by Gasteiger charge is -2.35. The molecule has 1 amide bonds. The van der Waals surface area contributed by atoms with Gasteiger partial charge in [-0.15, -0.1) is 0 Å². The first-order chi connectivity index (χ1) is 15.5. The van der Waals surface area contributed by atoms with Crippen molar-refractivity contribution in [3.8, 4) is 0 Å². The highest BCUT2D eigenvalue weighted by molar-refractivity contribution is 5.95. The number of halogens is 1. The van der Waals surface area contributed by atoms with Crippen molar-refractivity contribution in [2.24, 2.45) is 0 Å². The summed E-state index contributed by atoms with van der Waals surface area (Å²) >= 11 is 0. The summed E-state index contributed by atoms with van der Waals surface area (Å²) in [6.07, 6.45) is 3.60. The van der Waals surface area contributed by atoms with Gasteiger partial charge in [0.25, 0.3) is 0 Å². The molecule has 32 heavy (non-hydrogen) atoms. The Kier molecular flexibility index (Phi) is 6.75. The number of likely N-dealkylation sites (tertiary alicyclic amines) is 1. The van der Waals surface area contributed by atoms with Gasteiger partial charge in [0, 0.05) is 29.1 Å². The molecule has 6 nitrogen and oxygen atoms in total. The Morgan fingerprint density at radius 2 is 1.81 bits per heavy atom. The zero-order valence-corrected chi connectivity index (χ0v) is 18.4. The fourth-order valence-electron chi connectivity index (χ4n) is 4.04. The molecule has 1 aliphatic rings. The molecule has 0 saturated carbocycles. The maximum absolute atomic E-state index is 13.8. The van der Waals surface area contributed by atoms with Crippen LogP contribution in [0.5, 0.6) is 0 Å². The van der Waals surface area contributed by atoms with Gasteiger partial charge in [-0.25, -0.2) is 14.4 Å². The molecule has 1 aliphatic heterocycles. The number of anilines is 3. The number of nitrogens with one attached hydrogen (secondary N) is 2. The molecule has 4 rings (SSSR count). The average Bonchev–Trinajstić information content (AvgIpc) is 2.82. The van der Waals surface area contributed by atoms with Gasteiger partial charge >= 0.3 is 0 Å². The van der Waals surface area contributed by atoms with E-state index in [1.807, 2.05) is 37.3 Å². The van der Waals surface area contributed by atoms with Crippen LogP contribution in [0.25, 0.3) is 0 Å². The van der Waals surface area contributed by atoms with Crippen LogP contribution in [0, 0.1) is 12.7 Å². The minimum Gasteiger partial charge on any atom is -0.325 e. The molecule has 1 fully saturated rings. The van der Waals surface area contributed by atoms with E-state index in [2.05, 4.69) is 26.6 Å². The Balaban J connectivity index is 1.34. The topological polar surface area (TPSA) is 70.2 Å². The van der Waals surface area contributed by atoms with Gasteiger partial charge in [0.2, 0.25) is 5.91 Å². The van der Waals surface area contributed by atoms with E-state index in [1.54, 1.807) is 25.3 Å². The SMILES string of the molecule is Cc1c(F)cccc1NC(=O)[C@H](C)N1CCC(c2cccc(Nc3ccccn3)n2)CC1. The maximum Gasteiger partial charge on any atom is 0.241 e. The van der Waals surface area contributed by atoms with Gasteiger partial charge in [0.15, 0.2) is 0 Å². The second-order valence-corrected chi connectivity index (χ2v) is 8.18. The van der Waals surface area contributed by atoms with E-state index in [4.69, 9.17) is 4.98 Å². The highest BCUT2D eigenvalue weighted by atomic mass is 19.1. The van der Waals surface area contributed by atoms with Crippen LogP contribution >= 0.6 is 0 Å². The Morgan fingerprint density at radius 1 is 1.06 bits per heavy atom. The first kappa shape index (κ1) is 21.9. The third-order valence-electron chi connectivity index (χ3n) is 6.09. The normalized spacial score (nSPS) is 15.8. The van der Waals surface area contributed by atoms with Crippen LogP contribution in [0.15, 0.2) is 60.8 Å². The van der Waals surface area contributed by atoms with Gasteiger partial charge in [-0.05, 0) is 76.2 Å². The molecule has 0 spiro atoms. The Hall–Kier alpha value is -3.32. The van der Waals surface area contributed by atoms with E-state index in [-0.39, 0.29) is 17.8 Å². The number of amides is 1. The third-order valence-corrected chi connectivity index (χ3v) is 6.09. The monoisotopic (exact) mass is 433 g/mol. The Morgan fingerprint density at radius 3 is 2.56 bits per heavy atom. The summed E-state index contributed by atoms with van der Waals surface area (Å²) in [5, 5.41) is 6.12. The van der Waals surface area contributed by atoms with E-state index in [9.17, 15) is 9.18 Å². The van der Waals surface area contributed by atoms with Crippen LogP contribution in [-0.2, 0) is 4.79 Å². The lowest BCUT2D eigenvalue weighted by Crippen LogP contribution is -2.45. The molecule has 166 valence electrons. The van der Waals surface area contributed by atoms with Crippen molar-refractivity contribution in [1.29, 1.82) is 0 Å². The quantitative estimate of drug-likeness (QED) is 0.580. The number of nitrogens with zero attached hydrogens (tertiary/aromatic N) is 3. The molecule has 3 aromatic rings. The number of hydrogen-bond acceptors (Lipinski definition) is 5. The van der Waals surface area contributed by atoms with E-state index < -0.39 is 0 Å². The zero-order valence-electron chi connectivity index (χ0n) is 18.4. The van der Waals surface area contributed by atoms with Crippen LogP contribution in [0.1, 0.15) is 36.9 Å². The third kappa shape index (κ3) is 5.11. The molecule has 0 aliphatic carbocycles. The van der Waals surface area contributed by atoms with Gasteiger partial charge < -0.3 is 10.6 Å². The Bertz CT molecular complexity index is 1070. The number of rotatable bonds is 6. The Labute approximate surface area is 187 Å². The summed E-state index contributed by atoms with van der Waals surface area (Å²) < 4.78 is 13.8. The summed E-state index contributed by atoms with van der Waals surface area (Å²) in [4.78, 5) is 24.0. The molecule has 1 atom stereocenters. The molecule has 1 aromatic carbocycles. The minimum atomic E-state index is -0.316. The highest BCUT2D eigenvalue weighted by Crippen LogP contribution is 2.29. The molecule has 0 radical (unpaired) electrons. The molecule has 2 N–H and O–H groups in total. The predicted octanol–water partition coefficient (Wildman–Crippen LogP) is 4.87. The van der Waals surface area contributed by atoms with Crippen molar-refractivity contribution < 1.29 is 9.18 Å². The van der Waals surface area contributed by atoms with Crippen molar-refractivity contribution in [2.75, 3.05) is 23.7 Å². The van der Waals surface area contributed by atoms with Crippen molar-refractivity contribution >= 4 is 23.2 Å². The van der Waals surface area contributed by atoms with Crippen LogP contribution in [-0.4, -0.2) is 39.9 Å². The maximum atomic E-state index is 13.8. The first-order valence-corrected chi connectivity index (χ1v) is 11.0. The zero-order chi connectivity index (χ0) is 22.5. The van der Waals surface area contributed by atoms with Crippen molar-refractivity contribution in [2.45, 2.75) is 38.6 Å². The molecular formula is C25H28FN5O. The number of carbonyl (C=O) groups is 1. The van der Waals surface area contributed by atoms with Crippen LogP contribution in [0.4, 0.5) is 21.7 Å². The van der Waals surface area contributed by atoms with E-state index in [0.717, 1.165) is 43.3 Å². The molecule has 1 saturated heterocycles. The van der Waals surface area contributed by atoms with Gasteiger partial charge in [-0.1, -0.05) is 18.2 Å². The summed E-state index contributed by atoms with van der Waals surface area (Å²) in [5.41, 5.74) is 2.04. The molecule has 7 heteroatoms. The predicted molar refractivity (Wildman–Crippen MR) is 125 cm³/mol. The van der Waals surface area contributed by atoms with Gasteiger partial charge in [-0.2, -0.15) is 0 Å². The summed E-state index contributed by atoms with van der Waals surface area (Å²) in [5.74, 6) is 1.46. The fourth-order valence-corrected chi connectivity index (χ4v) is 4.04. The molecular weight excluding hydrogens is 405 g/mol. The first-order valence-electron chi connectivity index (χ1n) is 11.0. The molecule has 2 aromatic heterocycles. The fraction of sp³-hybridized carbons (Fsp3) is 0.320. The number of hydrogen-bond donors (Lipinski definition) is 2. The number of aromatic nitrogens is 2. The second-order valence-electron chi connectivity index (χ2n) is 8.18. The smallest absolute Gasteiger partial charge is 0.241 e. The number of piperidine rings is 1. The molecule has 0 bridgehead atoms. The van der Waals surface area contributed by atoms with Crippen molar-refractivity contribution in [1.82, 2.24) is 14.9 Å². The summed E-state index contributed by atoms with van der Waals surface area (Å²) in [6, 6.07) is 16.2. The van der Waals surface area contributed by atoms with Crippen LogP contribution in [0.3, 0.4) is 0 Å². The number of carbonyl (C=O) groups excluding carboxylic acids is 1. The molecule has 0 unspecified atom stereocenters. The van der Waals surface area contributed by atoms with Crippen LogP contribution in [0.2, 0.25) is 0 Å². The van der Waals surface area contributed by atoms with Gasteiger partial charge in [0.05, 0.1) is 6.04 Å². The van der Waals surface area contributed by atoms with E-state index >= 15 is 0 Å². The van der Waals surface area contributed by atoms with Crippen LogP contribution < -0.4 is 10.6 Å². The largest absolute Gasteiger partial charge is 0.325 e. The van der Waals surface area contributed by atoms with Gasteiger partial charge in [-0.3, -0.25) is 9.69 Å². The standard InChI is InChI=1S/C25H28FN5O/c1-17-20(26)7-5-8-21(17)29-25(32)18(2)31-15-12-19(13-16-31)22-9-6-11-24(28-22)30-23-10-3-4-14-27-23/h3-11,14,18-19H,12-13,15-16H2,1-2H3,(H,29,32)(H,27,28,30)/t18-/m0/s1. The van der Waals surface area contributed by atoms with Gasteiger partial charge in [0.1, 0.15) is 17.5 Å². The minimum absolute atomic E-state index is 0.114. The lowest BCUT2D eigenvalue weighted by molar-refractivity contribution is -0.121. The lowest BCUT2D eigenvalue weighted by atomic mass is 9.92. The number of pyridine rings is 2. The summed E-state index contributed by atoms with van der Waals surface area (Å²) in [7, 11) is 0. The average molecular weight is 434 g/mol. The van der Waals surface area contributed by atoms with E-state index in [0.29, 0.717) is 17.2 Å². The molecule has 3 heterocycles. The second kappa shape index (κ2) is 9.87. The number of benzene rings is 1. The van der Waals surface area contributed by atoms with Crippen molar-refractivity contribution in [3.63, 3.8) is 0 Å². The van der Waals surface area contributed by atoms with E-state index in [1.165, 1.54) is 6.07 Å².